The van der Waals surface area contributed by atoms with Crippen molar-refractivity contribution in [1.29, 1.82) is 0 Å². The van der Waals surface area contributed by atoms with Crippen LogP contribution in [-0.4, -0.2) is 71.6 Å². The summed E-state index contributed by atoms with van der Waals surface area (Å²) in [7, 11) is 3.30. The third-order valence-corrected chi connectivity index (χ3v) is 5.31. The van der Waals surface area contributed by atoms with Crippen molar-refractivity contribution in [3.63, 3.8) is 0 Å². The number of imidazole rings is 1. The zero-order valence-corrected chi connectivity index (χ0v) is 20.1. The van der Waals surface area contributed by atoms with Crippen LogP contribution in [0.3, 0.4) is 0 Å². The third-order valence-electron chi connectivity index (χ3n) is 5.31. The van der Waals surface area contributed by atoms with Crippen LogP contribution in [0, 0.1) is 5.92 Å². The molecule has 1 aromatic heterocycles. The quantitative estimate of drug-likeness (QED) is 0.298. The van der Waals surface area contributed by atoms with Crippen LogP contribution in [0.1, 0.15) is 38.4 Å². The lowest BCUT2D eigenvalue weighted by Gasteiger charge is -2.30. The highest BCUT2D eigenvalue weighted by atomic mass is 127. The van der Waals surface area contributed by atoms with Gasteiger partial charge in [0.25, 0.3) is 0 Å². The molecule has 1 unspecified atom stereocenters. The molecule has 2 heterocycles. The first-order valence-corrected chi connectivity index (χ1v) is 10.0. The average molecular weight is 547 g/mol. The molecule has 0 saturated carbocycles. The molecule has 7 nitrogen and oxygen atoms in total. The first-order valence-electron chi connectivity index (χ1n) is 10.0. The van der Waals surface area contributed by atoms with Crippen LogP contribution in [0.2, 0.25) is 0 Å². The van der Waals surface area contributed by atoms with Gasteiger partial charge >= 0.3 is 6.18 Å². The van der Waals surface area contributed by atoms with Crippen molar-refractivity contribution in [3.05, 3.63) is 18.2 Å². The van der Waals surface area contributed by atoms with E-state index in [-0.39, 0.29) is 30.5 Å². The number of hydrogen-bond acceptors (Lipinski definition) is 4. The van der Waals surface area contributed by atoms with E-state index >= 15 is 0 Å². The zero-order chi connectivity index (χ0) is 21.5. The molecule has 0 amide bonds. The number of nitrogens with one attached hydrogen (secondary N) is 1. The molecule has 1 aliphatic rings. The molecule has 2 rings (SSSR count). The summed E-state index contributed by atoms with van der Waals surface area (Å²) in [5.41, 5.74) is -3.05. The number of ether oxygens (including phenoxy) is 1. The first-order chi connectivity index (χ1) is 13.7. The minimum atomic E-state index is -4.85. The van der Waals surface area contributed by atoms with E-state index in [4.69, 9.17) is 4.74 Å². The highest BCUT2D eigenvalue weighted by Crippen LogP contribution is 2.40. The summed E-state index contributed by atoms with van der Waals surface area (Å²) in [6.45, 7) is 4.63. The molecule has 0 aromatic carbocycles. The van der Waals surface area contributed by atoms with Gasteiger partial charge in [0.1, 0.15) is 5.82 Å². The number of aliphatic imine (C=N–C) groups is 1. The van der Waals surface area contributed by atoms with Crippen molar-refractivity contribution < 1.29 is 23.0 Å². The summed E-state index contributed by atoms with van der Waals surface area (Å²) < 4.78 is 47.4. The minimum Gasteiger partial charge on any atom is -0.381 e. The molecular formula is C19H33F3IN5O2. The number of aliphatic hydroxyl groups is 1. The first kappa shape index (κ1) is 27.0. The van der Waals surface area contributed by atoms with E-state index in [1.807, 2.05) is 18.9 Å². The molecule has 1 fully saturated rings. The van der Waals surface area contributed by atoms with E-state index in [9.17, 15) is 18.3 Å². The molecular weight excluding hydrogens is 514 g/mol. The van der Waals surface area contributed by atoms with Crippen molar-refractivity contribution in [2.75, 3.05) is 39.9 Å². The van der Waals surface area contributed by atoms with Crippen LogP contribution in [0.5, 0.6) is 0 Å². The monoisotopic (exact) mass is 547 g/mol. The molecule has 0 spiro atoms. The number of aromatic nitrogens is 2. The Hall–Kier alpha value is -1.08. The van der Waals surface area contributed by atoms with Crippen LogP contribution in [0.15, 0.2) is 17.4 Å². The van der Waals surface area contributed by atoms with Gasteiger partial charge in [-0.3, -0.25) is 4.99 Å². The van der Waals surface area contributed by atoms with Gasteiger partial charge in [-0.25, -0.2) is 4.98 Å². The Morgan fingerprint density at radius 3 is 2.60 bits per heavy atom. The molecule has 0 radical (unpaired) electrons. The summed E-state index contributed by atoms with van der Waals surface area (Å²) in [6, 6.07) is 0. The van der Waals surface area contributed by atoms with Gasteiger partial charge in [-0.15, -0.1) is 24.0 Å². The number of aryl methyl sites for hydroxylation is 1. The van der Waals surface area contributed by atoms with Gasteiger partial charge in [-0.05, 0) is 32.1 Å². The fraction of sp³-hybridized carbons (Fsp3) is 0.789. The van der Waals surface area contributed by atoms with Gasteiger partial charge in [0, 0.05) is 65.8 Å². The Morgan fingerprint density at radius 2 is 2.07 bits per heavy atom. The molecule has 11 heteroatoms. The van der Waals surface area contributed by atoms with Gasteiger partial charge in [0.2, 0.25) is 5.60 Å². The fourth-order valence-electron chi connectivity index (χ4n) is 3.45. The van der Waals surface area contributed by atoms with Gasteiger partial charge in [0.15, 0.2) is 5.96 Å². The van der Waals surface area contributed by atoms with Crippen molar-refractivity contribution in [1.82, 2.24) is 19.8 Å². The highest BCUT2D eigenvalue weighted by Gasteiger charge is 2.57. The van der Waals surface area contributed by atoms with Crippen LogP contribution < -0.4 is 5.32 Å². The smallest absolute Gasteiger partial charge is 0.381 e. The Balaban J connectivity index is 0.00000450. The van der Waals surface area contributed by atoms with Crippen molar-refractivity contribution in [2.24, 2.45) is 18.0 Å². The van der Waals surface area contributed by atoms with Gasteiger partial charge in [0.05, 0.1) is 0 Å². The van der Waals surface area contributed by atoms with E-state index in [1.165, 1.54) is 24.0 Å². The van der Waals surface area contributed by atoms with Gasteiger partial charge in [-0.2, -0.15) is 13.2 Å². The molecule has 1 aliphatic heterocycles. The Kier molecular flexibility index (Phi) is 10.9. The molecule has 0 bridgehead atoms. The zero-order valence-electron chi connectivity index (χ0n) is 17.8. The van der Waals surface area contributed by atoms with Crippen molar-refractivity contribution in [3.8, 4) is 0 Å². The topological polar surface area (TPSA) is 74.9 Å². The van der Waals surface area contributed by atoms with Crippen molar-refractivity contribution >= 4 is 29.9 Å². The molecule has 1 saturated heterocycles. The second kappa shape index (κ2) is 12.1. The van der Waals surface area contributed by atoms with E-state index in [1.54, 1.807) is 0 Å². The van der Waals surface area contributed by atoms with Gasteiger partial charge in [-0.1, -0.05) is 0 Å². The normalized spacial score (nSPS) is 17.9. The predicted molar refractivity (Wildman–Crippen MR) is 120 cm³/mol. The summed E-state index contributed by atoms with van der Waals surface area (Å²) >= 11 is 0. The second-order valence-electron chi connectivity index (χ2n) is 7.47. The predicted octanol–water partition coefficient (Wildman–Crippen LogP) is 2.89. The van der Waals surface area contributed by atoms with E-state index in [2.05, 4.69) is 15.3 Å². The number of nitrogens with zero attached hydrogens (tertiary/aromatic N) is 4. The summed E-state index contributed by atoms with van der Waals surface area (Å²) in [5.74, 6) is 0.690. The van der Waals surface area contributed by atoms with Gasteiger partial charge < -0.3 is 24.6 Å². The maximum Gasteiger partial charge on any atom is 0.424 e. The number of alkyl halides is 3. The standard InChI is InChI=1S/C19H32F3N5O2.HI/c1-4-23-17(27(3)11-5-15-6-13-29-14-7-15)25-9-8-18(28,19(20,21)22)16-24-10-12-26(16)2;/h10,12,15,28H,4-9,11,13-14H2,1-3H3,(H,23,25);1H. The molecule has 2 N–H and O–H groups in total. The number of hydrogen-bond donors (Lipinski definition) is 2. The van der Waals surface area contributed by atoms with E-state index in [0.717, 1.165) is 39.0 Å². The van der Waals surface area contributed by atoms with E-state index in [0.29, 0.717) is 18.4 Å². The Morgan fingerprint density at radius 1 is 1.40 bits per heavy atom. The molecule has 174 valence electrons. The average Bonchev–Trinajstić information content (AvgIpc) is 3.11. The van der Waals surface area contributed by atoms with Crippen LogP contribution in [0.25, 0.3) is 0 Å². The minimum absolute atomic E-state index is 0. The largest absolute Gasteiger partial charge is 0.424 e. The molecule has 0 aliphatic carbocycles. The lowest BCUT2D eigenvalue weighted by atomic mass is 9.96. The Labute approximate surface area is 193 Å². The summed E-state index contributed by atoms with van der Waals surface area (Å²) in [6.07, 6.45) is 0.198. The molecule has 1 aromatic rings. The maximum atomic E-state index is 13.6. The lowest BCUT2D eigenvalue weighted by Crippen LogP contribution is -2.45. The number of rotatable bonds is 8. The summed E-state index contributed by atoms with van der Waals surface area (Å²) in [5, 5.41) is 13.5. The van der Waals surface area contributed by atoms with Crippen molar-refractivity contribution in [2.45, 2.75) is 44.4 Å². The molecule has 30 heavy (non-hydrogen) atoms. The van der Waals surface area contributed by atoms with Crippen LogP contribution in [-0.2, 0) is 17.4 Å². The summed E-state index contributed by atoms with van der Waals surface area (Å²) in [4.78, 5) is 9.96. The number of guanidine groups is 1. The maximum absolute atomic E-state index is 13.6. The number of halogens is 4. The van der Waals surface area contributed by atoms with Crippen LogP contribution in [0.4, 0.5) is 13.2 Å². The Bertz CT molecular complexity index is 665. The highest BCUT2D eigenvalue weighted by molar-refractivity contribution is 14.0. The lowest BCUT2D eigenvalue weighted by molar-refractivity contribution is -0.272. The molecule has 1 atom stereocenters. The fourth-order valence-corrected chi connectivity index (χ4v) is 3.45. The second-order valence-corrected chi connectivity index (χ2v) is 7.47. The van der Waals surface area contributed by atoms with E-state index < -0.39 is 24.0 Å². The SMILES string of the molecule is CCNC(=NCCC(O)(c1nccn1C)C(F)(F)F)N(C)CCC1CCOCC1.I. The van der Waals surface area contributed by atoms with Crippen LogP contribution >= 0.6 is 24.0 Å². The third kappa shape index (κ3) is 6.98.